The molecule has 1 aliphatic rings. The van der Waals surface area contributed by atoms with Gasteiger partial charge in [-0.2, -0.15) is 0 Å². The molecule has 0 spiro atoms. The lowest BCUT2D eigenvalue weighted by atomic mass is 10.3. The Morgan fingerprint density at radius 1 is 1.29 bits per heavy atom. The van der Waals surface area contributed by atoms with Crippen molar-refractivity contribution in [2.24, 2.45) is 0 Å². The number of rotatable bonds is 7. The first kappa shape index (κ1) is 18.1. The van der Waals surface area contributed by atoms with Gasteiger partial charge in [-0.3, -0.25) is 9.59 Å². The third-order valence-electron chi connectivity index (χ3n) is 3.89. The van der Waals surface area contributed by atoms with Crippen LogP contribution in [0.5, 0.6) is 0 Å². The number of carbonyl (C=O) groups is 2. The van der Waals surface area contributed by atoms with Gasteiger partial charge < -0.3 is 20.0 Å². The van der Waals surface area contributed by atoms with Crippen LogP contribution in [0.15, 0.2) is 6.07 Å². The Balaban J connectivity index is 1.97. The Morgan fingerprint density at radius 2 is 2.00 bits per heavy atom. The van der Waals surface area contributed by atoms with Crippen molar-refractivity contribution in [2.75, 3.05) is 58.3 Å². The quantitative estimate of drug-likeness (QED) is 0.547. The lowest BCUT2D eigenvalue weighted by Gasteiger charge is -2.32. The van der Waals surface area contributed by atoms with E-state index in [1.807, 2.05) is 25.9 Å². The number of amides is 2. The highest BCUT2D eigenvalue weighted by Gasteiger charge is 2.19. The highest BCUT2D eigenvalue weighted by Crippen LogP contribution is 2.12. The molecule has 1 saturated heterocycles. The summed E-state index contributed by atoms with van der Waals surface area (Å²) >= 11 is 0. The SMILES string of the molecule is Cc1cc(C(=O)NCCCN(C)C)nc(N2CCN(C=O)CC2)n1. The fourth-order valence-electron chi connectivity index (χ4n) is 2.53. The van der Waals surface area contributed by atoms with Crippen molar-refractivity contribution in [3.8, 4) is 0 Å². The summed E-state index contributed by atoms with van der Waals surface area (Å²) in [5.74, 6) is 0.381. The van der Waals surface area contributed by atoms with Gasteiger partial charge in [0.2, 0.25) is 12.4 Å². The van der Waals surface area contributed by atoms with E-state index in [1.165, 1.54) is 0 Å². The van der Waals surface area contributed by atoms with E-state index >= 15 is 0 Å². The third-order valence-corrected chi connectivity index (χ3v) is 3.89. The summed E-state index contributed by atoms with van der Waals surface area (Å²) in [6, 6.07) is 1.70. The predicted molar refractivity (Wildman–Crippen MR) is 92.1 cm³/mol. The summed E-state index contributed by atoms with van der Waals surface area (Å²) in [5, 5.41) is 2.90. The summed E-state index contributed by atoms with van der Waals surface area (Å²) in [6.45, 7) is 6.04. The summed E-state index contributed by atoms with van der Waals surface area (Å²) in [5.41, 5.74) is 1.15. The highest BCUT2D eigenvalue weighted by molar-refractivity contribution is 5.92. The van der Waals surface area contributed by atoms with Crippen LogP contribution in [0.2, 0.25) is 0 Å². The molecule has 1 N–H and O–H groups in total. The molecule has 0 unspecified atom stereocenters. The van der Waals surface area contributed by atoms with Crippen molar-refractivity contribution in [2.45, 2.75) is 13.3 Å². The number of hydrogen-bond acceptors (Lipinski definition) is 6. The van der Waals surface area contributed by atoms with Gasteiger partial charge in [0.15, 0.2) is 0 Å². The molecule has 2 heterocycles. The first-order chi connectivity index (χ1) is 11.5. The average Bonchev–Trinajstić information content (AvgIpc) is 2.58. The summed E-state index contributed by atoms with van der Waals surface area (Å²) in [7, 11) is 4.01. The van der Waals surface area contributed by atoms with E-state index in [9.17, 15) is 9.59 Å². The van der Waals surface area contributed by atoms with E-state index in [-0.39, 0.29) is 5.91 Å². The first-order valence-electron chi connectivity index (χ1n) is 8.22. The standard InChI is InChI=1S/C16H26N6O2/c1-13-11-14(15(24)17-5-4-6-20(2)3)19-16(18-13)22-9-7-21(12-23)8-10-22/h11-12H,4-10H2,1-3H3,(H,17,24). The molecule has 0 aliphatic carbocycles. The molecule has 2 rings (SSSR count). The van der Waals surface area contributed by atoms with E-state index in [0.29, 0.717) is 44.4 Å². The summed E-state index contributed by atoms with van der Waals surface area (Å²) in [6.07, 6.45) is 1.75. The van der Waals surface area contributed by atoms with Crippen LogP contribution < -0.4 is 10.2 Å². The third kappa shape index (κ3) is 5.16. The second kappa shape index (κ2) is 8.58. The van der Waals surface area contributed by atoms with Crippen molar-refractivity contribution in [3.05, 3.63) is 17.5 Å². The molecule has 0 radical (unpaired) electrons. The zero-order valence-electron chi connectivity index (χ0n) is 14.7. The monoisotopic (exact) mass is 334 g/mol. The molecule has 1 aromatic heterocycles. The van der Waals surface area contributed by atoms with Crippen LogP contribution in [-0.4, -0.2) is 85.4 Å². The van der Waals surface area contributed by atoms with E-state index in [2.05, 4.69) is 20.2 Å². The number of piperazine rings is 1. The second-order valence-electron chi connectivity index (χ2n) is 6.24. The average molecular weight is 334 g/mol. The van der Waals surface area contributed by atoms with Gasteiger partial charge in [0.25, 0.3) is 5.91 Å². The zero-order valence-corrected chi connectivity index (χ0v) is 14.7. The molecular formula is C16H26N6O2. The number of anilines is 1. The van der Waals surface area contributed by atoms with Crippen LogP contribution in [0.4, 0.5) is 5.95 Å². The van der Waals surface area contributed by atoms with Crippen molar-refractivity contribution < 1.29 is 9.59 Å². The molecule has 0 atom stereocenters. The minimum absolute atomic E-state index is 0.174. The molecule has 8 nitrogen and oxygen atoms in total. The van der Waals surface area contributed by atoms with E-state index in [4.69, 9.17) is 0 Å². The maximum atomic E-state index is 12.3. The number of hydrogen-bond donors (Lipinski definition) is 1. The lowest BCUT2D eigenvalue weighted by Crippen LogP contribution is -2.46. The van der Waals surface area contributed by atoms with Gasteiger partial charge in [0.05, 0.1) is 0 Å². The van der Waals surface area contributed by atoms with E-state index in [0.717, 1.165) is 25.1 Å². The molecule has 1 aliphatic heterocycles. The molecule has 132 valence electrons. The molecule has 1 fully saturated rings. The van der Waals surface area contributed by atoms with Crippen molar-refractivity contribution in [1.29, 1.82) is 0 Å². The number of carbonyl (C=O) groups excluding carboxylic acids is 2. The van der Waals surface area contributed by atoms with Crippen LogP contribution in [0.1, 0.15) is 22.6 Å². The van der Waals surface area contributed by atoms with Crippen LogP contribution in [0.25, 0.3) is 0 Å². The molecule has 2 amide bonds. The van der Waals surface area contributed by atoms with E-state index in [1.54, 1.807) is 11.0 Å². The Labute approximate surface area is 142 Å². The Morgan fingerprint density at radius 3 is 2.62 bits per heavy atom. The fraction of sp³-hybridized carbons (Fsp3) is 0.625. The molecule has 1 aromatic rings. The Bertz CT molecular complexity index is 570. The van der Waals surface area contributed by atoms with Gasteiger partial charge in [-0.05, 0) is 40.1 Å². The molecule has 24 heavy (non-hydrogen) atoms. The molecular weight excluding hydrogens is 308 g/mol. The van der Waals surface area contributed by atoms with Gasteiger partial charge in [-0.15, -0.1) is 0 Å². The summed E-state index contributed by atoms with van der Waals surface area (Å²) < 4.78 is 0. The van der Waals surface area contributed by atoms with Crippen LogP contribution in [0, 0.1) is 6.92 Å². The highest BCUT2D eigenvalue weighted by atomic mass is 16.2. The van der Waals surface area contributed by atoms with Crippen LogP contribution >= 0.6 is 0 Å². The van der Waals surface area contributed by atoms with Crippen molar-refractivity contribution in [3.63, 3.8) is 0 Å². The molecule has 0 saturated carbocycles. The Hall–Kier alpha value is -2.22. The molecule has 0 aromatic carbocycles. The minimum atomic E-state index is -0.174. The lowest BCUT2D eigenvalue weighted by molar-refractivity contribution is -0.118. The van der Waals surface area contributed by atoms with Gasteiger partial charge >= 0.3 is 0 Å². The van der Waals surface area contributed by atoms with Crippen molar-refractivity contribution >= 4 is 18.3 Å². The number of aryl methyl sites for hydroxylation is 1. The Kier molecular flexibility index (Phi) is 6.48. The largest absolute Gasteiger partial charge is 0.351 e. The predicted octanol–water partition coefficient (Wildman–Crippen LogP) is -0.255. The van der Waals surface area contributed by atoms with Crippen LogP contribution in [-0.2, 0) is 4.79 Å². The zero-order chi connectivity index (χ0) is 17.5. The normalized spacial score (nSPS) is 14.8. The minimum Gasteiger partial charge on any atom is -0.351 e. The maximum Gasteiger partial charge on any atom is 0.270 e. The van der Waals surface area contributed by atoms with Gasteiger partial charge in [0, 0.05) is 38.4 Å². The fourth-order valence-corrected chi connectivity index (χ4v) is 2.53. The first-order valence-corrected chi connectivity index (χ1v) is 8.22. The molecule has 8 heteroatoms. The van der Waals surface area contributed by atoms with Gasteiger partial charge in [-0.1, -0.05) is 0 Å². The maximum absolute atomic E-state index is 12.3. The molecule has 0 bridgehead atoms. The smallest absolute Gasteiger partial charge is 0.270 e. The van der Waals surface area contributed by atoms with Gasteiger partial charge in [-0.25, -0.2) is 9.97 Å². The second-order valence-corrected chi connectivity index (χ2v) is 6.24. The number of nitrogens with one attached hydrogen (secondary N) is 1. The van der Waals surface area contributed by atoms with Crippen LogP contribution in [0.3, 0.4) is 0 Å². The number of aromatic nitrogens is 2. The topological polar surface area (TPSA) is 81.7 Å². The van der Waals surface area contributed by atoms with Crippen molar-refractivity contribution in [1.82, 2.24) is 25.1 Å². The van der Waals surface area contributed by atoms with Gasteiger partial charge in [0.1, 0.15) is 5.69 Å². The van der Waals surface area contributed by atoms with E-state index < -0.39 is 0 Å². The number of nitrogens with zero attached hydrogens (tertiary/aromatic N) is 5. The summed E-state index contributed by atoms with van der Waals surface area (Å²) in [4.78, 5) is 37.7.